The fourth-order valence-corrected chi connectivity index (χ4v) is 1.48. The third-order valence-electron chi connectivity index (χ3n) is 2.14. The molecule has 3 heteroatoms. The van der Waals surface area contributed by atoms with Crippen molar-refractivity contribution >= 4 is 0 Å². The molecule has 0 fully saturated rings. The largest absolute Gasteiger partial charge is 0.465 e. The lowest BCUT2D eigenvalue weighted by Crippen LogP contribution is -2.12. The molecule has 0 saturated carbocycles. The highest BCUT2D eigenvalue weighted by molar-refractivity contribution is 5.35. The number of ether oxygens (including phenoxy) is 1. The molecule has 2 unspecified atom stereocenters. The lowest BCUT2D eigenvalue weighted by atomic mass is 10.0. The van der Waals surface area contributed by atoms with Crippen molar-refractivity contribution in [3.8, 4) is 5.75 Å². The van der Waals surface area contributed by atoms with E-state index in [1.165, 1.54) is 0 Å². The Morgan fingerprint density at radius 2 is 1.93 bits per heavy atom. The van der Waals surface area contributed by atoms with Gasteiger partial charge in [-0.1, -0.05) is 31.5 Å². The summed E-state index contributed by atoms with van der Waals surface area (Å²) in [6.07, 6.45) is 0.217. The minimum absolute atomic E-state index is 0.523. The van der Waals surface area contributed by atoms with Crippen LogP contribution in [0.2, 0.25) is 0 Å². The molecular weight excluding hydrogens is 192 g/mol. The zero-order chi connectivity index (χ0) is 11.3. The Balaban J connectivity index is 2.85. The number of hydrogen-bond donors (Lipinski definition) is 2. The molecule has 3 nitrogen and oxygen atoms in total. The number of aliphatic hydroxyl groups excluding tert-OH is 2. The second-order valence-corrected chi connectivity index (χ2v) is 3.56. The van der Waals surface area contributed by atoms with Crippen molar-refractivity contribution in [2.24, 2.45) is 0 Å². The van der Waals surface area contributed by atoms with Crippen molar-refractivity contribution in [1.82, 2.24) is 0 Å². The van der Waals surface area contributed by atoms with Crippen LogP contribution >= 0.6 is 0 Å². The van der Waals surface area contributed by atoms with E-state index in [1.54, 1.807) is 13.0 Å². The summed E-state index contributed by atoms with van der Waals surface area (Å²) in [7, 11) is 0. The van der Waals surface area contributed by atoms with E-state index in [2.05, 4.69) is 0 Å². The van der Waals surface area contributed by atoms with Gasteiger partial charge in [-0.05, 0) is 19.4 Å². The van der Waals surface area contributed by atoms with E-state index >= 15 is 0 Å². The molecule has 0 aromatic heterocycles. The van der Waals surface area contributed by atoms with Gasteiger partial charge in [-0.2, -0.15) is 0 Å². The van der Waals surface area contributed by atoms with Crippen molar-refractivity contribution in [2.45, 2.75) is 39.1 Å². The van der Waals surface area contributed by atoms with Gasteiger partial charge in [-0.15, -0.1) is 0 Å². The lowest BCUT2D eigenvalue weighted by molar-refractivity contribution is -0.00283. The molecular formula is C12H18O3. The van der Waals surface area contributed by atoms with Crippen LogP contribution in [0.3, 0.4) is 0 Å². The van der Waals surface area contributed by atoms with E-state index < -0.39 is 12.4 Å². The minimum atomic E-state index is -0.861. The second kappa shape index (κ2) is 5.73. The van der Waals surface area contributed by atoms with Gasteiger partial charge in [0.1, 0.15) is 5.75 Å². The summed E-state index contributed by atoms with van der Waals surface area (Å²) in [5.41, 5.74) is 0.736. The third kappa shape index (κ3) is 3.53. The normalized spacial score (nSPS) is 14.7. The molecule has 1 rings (SSSR count). The highest BCUT2D eigenvalue weighted by Crippen LogP contribution is 2.28. The first kappa shape index (κ1) is 12.0. The van der Waals surface area contributed by atoms with E-state index in [0.29, 0.717) is 12.2 Å². The third-order valence-corrected chi connectivity index (χ3v) is 2.14. The summed E-state index contributed by atoms with van der Waals surface area (Å²) in [4.78, 5) is 0. The Morgan fingerprint density at radius 1 is 1.27 bits per heavy atom. The average molecular weight is 210 g/mol. The maximum Gasteiger partial charge on any atom is 0.194 e. The Morgan fingerprint density at radius 3 is 2.53 bits per heavy atom. The molecule has 2 atom stereocenters. The van der Waals surface area contributed by atoms with Gasteiger partial charge < -0.3 is 14.9 Å². The van der Waals surface area contributed by atoms with E-state index in [4.69, 9.17) is 9.84 Å². The number of rotatable bonds is 5. The molecule has 1 aromatic rings. The summed E-state index contributed by atoms with van der Waals surface area (Å²) in [6, 6.07) is 7.24. The maximum atomic E-state index is 9.85. The zero-order valence-electron chi connectivity index (χ0n) is 9.18. The fourth-order valence-electron chi connectivity index (χ4n) is 1.48. The molecule has 15 heavy (non-hydrogen) atoms. The smallest absolute Gasteiger partial charge is 0.194 e. The fraction of sp³-hybridized carbons (Fsp3) is 0.500. The molecule has 0 radical (unpaired) electrons. The quantitative estimate of drug-likeness (QED) is 0.733. The first-order chi connectivity index (χ1) is 7.15. The van der Waals surface area contributed by atoms with Crippen LogP contribution in [0.15, 0.2) is 24.3 Å². The monoisotopic (exact) mass is 210 g/mol. The van der Waals surface area contributed by atoms with Gasteiger partial charge in [0.15, 0.2) is 6.29 Å². The van der Waals surface area contributed by atoms with Crippen molar-refractivity contribution in [1.29, 1.82) is 0 Å². The number of hydrogen-bond acceptors (Lipinski definition) is 3. The number of aliphatic hydroxyl groups is 2. The average Bonchev–Trinajstić information content (AvgIpc) is 2.18. The Kier molecular flexibility index (Phi) is 4.59. The van der Waals surface area contributed by atoms with Gasteiger partial charge in [-0.3, -0.25) is 0 Å². The summed E-state index contributed by atoms with van der Waals surface area (Å²) in [5, 5.41) is 19.0. The molecule has 0 aliphatic rings. The second-order valence-electron chi connectivity index (χ2n) is 3.56. The molecule has 0 amide bonds. The van der Waals surface area contributed by atoms with E-state index in [0.717, 1.165) is 12.0 Å². The first-order valence-corrected chi connectivity index (χ1v) is 5.26. The number of para-hydroxylation sites is 1. The van der Waals surface area contributed by atoms with Crippen LogP contribution in [-0.4, -0.2) is 16.5 Å². The molecule has 0 bridgehead atoms. The Labute approximate surface area is 90.3 Å². The van der Waals surface area contributed by atoms with Gasteiger partial charge in [0.2, 0.25) is 0 Å². The van der Waals surface area contributed by atoms with Gasteiger partial charge in [0, 0.05) is 5.56 Å². The molecule has 0 spiro atoms. The van der Waals surface area contributed by atoms with Crippen LogP contribution in [0.25, 0.3) is 0 Å². The van der Waals surface area contributed by atoms with Crippen LogP contribution in [0.4, 0.5) is 0 Å². The molecule has 0 heterocycles. The molecule has 1 aromatic carbocycles. The van der Waals surface area contributed by atoms with Crippen LogP contribution < -0.4 is 4.74 Å². The van der Waals surface area contributed by atoms with Crippen molar-refractivity contribution < 1.29 is 14.9 Å². The highest BCUT2D eigenvalue weighted by atomic mass is 16.6. The van der Waals surface area contributed by atoms with Gasteiger partial charge in [0.05, 0.1) is 6.10 Å². The van der Waals surface area contributed by atoms with Crippen molar-refractivity contribution in [3.63, 3.8) is 0 Å². The van der Waals surface area contributed by atoms with E-state index in [9.17, 15) is 5.11 Å². The summed E-state index contributed by atoms with van der Waals surface area (Å²) < 4.78 is 5.21. The molecule has 0 aliphatic heterocycles. The van der Waals surface area contributed by atoms with Crippen molar-refractivity contribution in [3.05, 3.63) is 29.8 Å². The topological polar surface area (TPSA) is 49.7 Å². The van der Waals surface area contributed by atoms with Crippen LogP contribution in [0, 0.1) is 0 Å². The maximum absolute atomic E-state index is 9.85. The predicted molar refractivity (Wildman–Crippen MR) is 58.6 cm³/mol. The van der Waals surface area contributed by atoms with Gasteiger partial charge in [0.25, 0.3) is 0 Å². The van der Waals surface area contributed by atoms with Crippen molar-refractivity contribution in [2.75, 3.05) is 0 Å². The molecule has 84 valence electrons. The van der Waals surface area contributed by atoms with Gasteiger partial charge in [-0.25, -0.2) is 0 Å². The zero-order valence-corrected chi connectivity index (χ0v) is 9.18. The lowest BCUT2D eigenvalue weighted by Gasteiger charge is -2.16. The standard InChI is InChI=1S/C12H18O3/c1-3-6-11(14)10-7-4-5-8-12(10)15-9(2)13/h4-5,7-9,11,13-14H,3,6H2,1-2H3. The predicted octanol–water partition coefficient (Wildman–Crippen LogP) is 2.24. The Bertz CT molecular complexity index is 297. The molecule has 0 aliphatic carbocycles. The summed E-state index contributed by atoms with van der Waals surface area (Å²) >= 11 is 0. The van der Waals surface area contributed by atoms with Crippen LogP contribution in [0.1, 0.15) is 38.4 Å². The minimum Gasteiger partial charge on any atom is -0.465 e. The van der Waals surface area contributed by atoms with E-state index in [-0.39, 0.29) is 0 Å². The first-order valence-electron chi connectivity index (χ1n) is 5.26. The summed E-state index contributed by atoms with van der Waals surface area (Å²) in [5.74, 6) is 0.549. The Hall–Kier alpha value is -1.06. The van der Waals surface area contributed by atoms with Crippen LogP contribution in [0.5, 0.6) is 5.75 Å². The number of benzene rings is 1. The van der Waals surface area contributed by atoms with Gasteiger partial charge >= 0.3 is 0 Å². The van der Waals surface area contributed by atoms with Crippen LogP contribution in [-0.2, 0) is 0 Å². The van der Waals surface area contributed by atoms with E-state index in [1.807, 2.05) is 25.1 Å². The molecule has 0 saturated heterocycles. The SMILES string of the molecule is CCCC(O)c1ccccc1OC(C)O. The molecule has 2 N–H and O–H groups in total. The summed E-state index contributed by atoms with van der Waals surface area (Å²) in [6.45, 7) is 3.56. The highest BCUT2D eigenvalue weighted by Gasteiger charge is 2.12.